The van der Waals surface area contributed by atoms with Crippen molar-refractivity contribution in [1.29, 1.82) is 0 Å². The van der Waals surface area contributed by atoms with Gasteiger partial charge in [0, 0.05) is 6.42 Å². The highest BCUT2D eigenvalue weighted by Crippen LogP contribution is 2.29. The number of carbonyl (C=O) groups excluding carboxylic acids is 1. The molecule has 5 heteroatoms. The molecule has 1 N–H and O–H groups in total. The third-order valence-corrected chi connectivity index (χ3v) is 5.13. The summed E-state index contributed by atoms with van der Waals surface area (Å²) in [5.74, 6) is 0.857. The molecular formula is C21H24N2O2S. The van der Waals surface area contributed by atoms with E-state index in [2.05, 4.69) is 42.3 Å². The molecule has 0 saturated carbocycles. The van der Waals surface area contributed by atoms with Crippen LogP contribution in [0, 0.1) is 27.7 Å². The molecule has 0 bridgehead atoms. The van der Waals surface area contributed by atoms with E-state index in [1.54, 1.807) is 0 Å². The first kappa shape index (κ1) is 18.4. The fraction of sp³-hybridized carbons (Fsp3) is 0.333. The van der Waals surface area contributed by atoms with Crippen molar-refractivity contribution < 1.29 is 9.53 Å². The van der Waals surface area contributed by atoms with E-state index in [0.717, 1.165) is 27.1 Å². The molecule has 3 aromatic rings. The van der Waals surface area contributed by atoms with Crippen molar-refractivity contribution in [3.63, 3.8) is 0 Å². The van der Waals surface area contributed by atoms with Gasteiger partial charge in [0.05, 0.1) is 16.8 Å². The van der Waals surface area contributed by atoms with E-state index < -0.39 is 0 Å². The maximum Gasteiger partial charge on any atom is 0.226 e. The topological polar surface area (TPSA) is 51.2 Å². The van der Waals surface area contributed by atoms with Crippen molar-refractivity contribution >= 4 is 32.6 Å². The Morgan fingerprint density at radius 3 is 2.62 bits per heavy atom. The van der Waals surface area contributed by atoms with Crippen molar-refractivity contribution in [2.24, 2.45) is 0 Å². The van der Waals surface area contributed by atoms with E-state index in [0.29, 0.717) is 24.6 Å². The Hall–Kier alpha value is -2.40. The number of aryl methyl sites for hydroxylation is 4. The number of hydrogen-bond donors (Lipinski definition) is 1. The molecule has 0 fully saturated rings. The molecule has 2 aromatic carbocycles. The minimum Gasteiger partial charge on any atom is -0.493 e. The molecule has 0 saturated heterocycles. The van der Waals surface area contributed by atoms with Crippen LogP contribution in [0.3, 0.4) is 0 Å². The van der Waals surface area contributed by atoms with Crippen molar-refractivity contribution in [1.82, 2.24) is 4.98 Å². The second-order valence-corrected chi connectivity index (χ2v) is 7.75. The quantitative estimate of drug-likeness (QED) is 0.599. The number of anilines is 1. The van der Waals surface area contributed by atoms with Crippen LogP contribution in [0.5, 0.6) is 5.75 Å². The summed E-state index contributed by atoms with van der Waals surface area (Å²) in [6, 6.07) is 10.3. The molecule has 0 aliphatic heterocycles. The van der Waals surface area contributed by atoms with Crippen molar-refractivity contribution in [2.45, 2.75) is 40.5 Å². The van der Waals surface area contributed by atoms with Gasteiger partial charge >= 0.3 is 0 Å². The van der Waals surface area contributed by atoms with Gasteiger partial charge in [0.25, 0.3) is 0 Å². The number of thiazole rings is 1. The lowest BCUT2D eigenvalue weighted by Gasteiger charge is -2.09. The molecule has 136 valence electrons. The van der Waals surface area contributed by atoms with Gasteiger partial charge in [-0.2, -0.15) is 0 Å². The third kappa shape index (κ3) is 4.41. The average Bonchev–Trinajstić information content (AvgIpc) is 2.95. The Morgan fingerprint density at radius 2 is 1.85 bits per heavy atom. The summed E-state index contributed by atoms with van der Waals surface area (Å²) in [4.78, 5) is 16.7. The Balaban J connectivity index is 1.50. The molecule has 0 unspecified atom stereocenters. The molecule has 4 nitrogen and oxygen atoms in total. The predicted octanol–water partition coefficient (Wildman–Crippen LogP) is 5.33. The first-order chi connectivity index (χ1) is 12.4. The largest absolute Gasteiger partial charge is 0.493 e. The van der Waals surface area contributed by atoms with E-state index in [1.807, 2.05) is 26.0 Å². The third-order valence-electron chi connectivity index (χ3n) is 4.21. The zero-order valence-corrected chi connectivity index (χ0v) is 16.5. The lowest BCUT2D eigenvalue weighted by molar-refractivity contribution is -0.116. The van der Waals surface area contributed by atoms with Crippen LogP contribution in [-0.2, 0) is 4.79 Å². The molecule has 1 amide bonds. The van der Waals surface area contributed by atoms with Gasteiger partial charge in [-0.1, -0.05) is 35.1 Å². The van der Waals surface area contributed by atoms with Gasteiger partial charge in [0.2, 0.25) is 5.91 Å². The Kier molecular flexibility index (Phi) is 5.57. The maximum atomic E-state index is 12.2. The van der Waals surface area contributed by atoms with Crippen LogP contribution in [0.2, 0.25) is 0 Å². The average molecular weight is 369 g/mol. The standard InChI is InChI=1S/C21H24N2O2S/c1-13-7-8-17(15(3)10-13)25-9-5-6-19(24)22-21-23-20-16(4)11-14(2)12-18(20)26-21/h7-8,10-12H,5-6,9H2,1-4H3,(H,22,23,24). The molecule has 0 atom stereocenters. The lowest BCUT2D eigenvalue weighted by Crippen LogP contribution is -2.12. The Labute approximate surface area is 158 Å². The number of fused-ring (bicyclic) bond motifs is 1. The fourth-order valence-electron chi connectivity index (χ4n) is 2.98. The minimum atomic E-state index is -0.0253. The van der Waals surface area contributed by atoms with E-state index in [1.165, 1.54) is 22.5 Å². The molecule has 1 aromatic heterocycles. The van der Waals surface area contributed by atoms with E-state index in [4.69, 9.17) is 4.74 Å². The summed E-state index contributed by atoms with van der Waals surface area (Å²) < 4.78 is 6.88. The van der Waals surface area contributed by atoms with Crippen LogP contribution in [0.25, 0.3) is 10.2 Å². The number of aromatic nitrogens is 1. The van der Waals surface area contributed by atoms with Crippen molar-refractivity contribution in [3.05, 3.63) is 52.6 Å². The zero-order chi connectivity index (χ0) is 18.7. The summed E-state index contributed by atoms with van der Waals surface area (Å²) in [5, 5.41) is 3.57. The lowest BCUT2D eigenvalue weighted by atomic mass is 10.1. The van der Waals surface area contributed by atoms with Gasteiger partial charge in [-0.25, -0.2) is 4.98 Å². The maximum absolute atomic E-state index is 12.2. The number of hydrogen-bond acceptors (Lipinski definition) is 4. The van der Waals surface area contributed by atoms with Gasteiger partial charge in [-0.3, -0.25) is 4.79 Å². The number of amides is 1. The van der Waals surface area contributed by atoms with E-state index in [9.17, 15) is 4.79 Å². The highest BCUT2D eigenvalue weighted by atomic mass is 32.1. The van der Waals surface area contributed by atoms with Crippen molar-refractivity contribution in [2.75, 3.05) is 11.9 Å². The molecule has 0 aliphatic rings. The highest BCUT2D eigenvalue weighted by Gasteiger charge is 2.10. The molecule has 0 spiro atoms. The van der Waals surface area contributed by atoms with Crippen LogP contribution in [0.15, 0.2) is 30.3 Å². The summed E-state index contributed by atoms with van der Waals surface area (Å²) in [5.41, 5.74) is 5.65. The molecular weight excluding hydrogens is 344 g/mol. The second-order valence-electron chi connectivity index (χ2n) is 6.72. The minimum absolute atomic E-state index is 0.0253. The molecule has 26 heavy (non-hydrogen) atoms. The highest BCUT2D eigenvalue weighted by molar-refractivity contribution is 7.22. The van der Waals surface area contributed by atoms with Crippen molar-refractivity contribution in [3.8, 4) is 5.75 Å². The van der Waals surface area contributed by atoms with E-state index >= 15 is 0 Å². The van der Waals surface area contributed by atoms with Gasteiger partial charge in [0.1, 0.15) is 5.75 Å². The fourth-order valence-corrected chi connectivity index (χ4v) is 4.04. The van der Waals surface area contributed by atoms with Gasteiger partial charge < -0.3 is 10.1 Å². The summed E-state index contributed by atoms with van der Waals surface area (Å²) in [7, 11) is 0. The summed E-state index contributed by atoms with van der Waals surface area (Å²) in [6.07, 6.45) is 1.08. The van der Waals surface area contributed by atoms with E-state index in [-0.39, 0.29) is 5.91 Å². The Morgan fingerprint density at radius 1 is 1.08 bits per heavy atom. The van der Waals surface area contributed by atoms with Gasteiger partial charge in [0.15, 0.2) is 5.13 Å². The van der Waals surface area contributed by atoms with Gasteiger partial charge in [-0.05, 0) is 62.9 Å². The van der Waals surface area contributed by atoms with Crippen LogP contribution in [-0.4, -0.2) is 17.5 Å². The Bertz CT molecular complexity index is 947. The SMILES string of the molecule is Cc1ccc(OCCCC(=O)Nc2nc3c(C)cc(C)cc3s2)c(C)c1. The number of nitrogens with zero attached hydrogens (tertiary/aromatic N) is 1. The number of ether oxygens (including phenoxy) is 1. The van der Waals surface area contributed by atoms with Crippen LogP contribution in [0.1, 0.15) is 35.1 Å². The molecule has 3 rings (SSSR count). The monoisotopic (exact) mass is 368 g/mol. The second kappa shape index (κ2) is 7.87. The van der Waals surface area contributed by atoms with Crippen LogP contribution < -0.4 is 10.1 Å². The normalized spacial score (nSPS) is 10.9. The first-order valence-electron chi connectivity index (χ1n) is 8.80. The number of nitrogens with one attached hydrogen (secondary N) is 1. The molecule has 1 heterocycles. The number of rotatable bonds is 6. The number of carbonyl (C=O) groups is 1. The zero-order valence-electron chi connectivity index (χ0n) is 15.7. The summed E-state index contributed by atoms with van der Waals surface area (Å²) >= 11 is 1.52. The van der Waals surface area contributed by atoms with Crippen LogP contribution in [0.4, 0.5) is 5.13 Å². The van der Waals surface area contributed by atoms with Crippen LogP contribution >= 0.6 is 11.3 Å². The first-order valence-corrected chi connectivity index (χ1v) is 9.62. The molecule has 0 radical (unpaired) electrons. The van der Waals surface area contributed by atoms with Gasteiger partial charge in [-0.15, -0.1) is 0 Å². The smallest absolute Gasteiger partial charge is 0.226 e. The number of benzene rings is 2. The summed E-state index contributed by atoms with van der Waals surface area (Å²) in [6.45, 7) is 8.73. The molecule has 0 aliphatic carbocycles. The predicted molar refractivity (Wildman–Crippen MR) is 108 cm³/mol.